The molecular weight excluding hydrogens is 116 g/mol. The SMILES string of the molecule is [C]#CCCc1conn1. The molecule has 0 aromatic carbocycles. The monoisotopic (exact) mass is 121 g/mol. The Morgan fingerprint density at radius 3 is 3.22 bits per heavy atom. The van der Waals surface area contributed by atoms with Crippen LogP contribution in [0, 0.1) is 12.3 Å². The predicted molar refractivity (Wildman–Crippen MR) is 29.7 cm³/mol. The van der Waals surface area contributed by atoms with Crippen LogP contribution in [0.25, 0.3) is 0 Å². The fraction of sp³-hybridized carbons (Fsp3) is 0.333. The van der Waals surface area contributed by atoms with Crippen LogP contribution in [-0.2, 0) is 6.42 Å². The summed E-state index contributed by atoms with van der Waals surface area (Å²) in [7, 11) is 0. The van der Waals surface area contributed by atoms with Gasteiger partial charge in [0.1, 0.15) is 12.0 Å². The normalized spacial score (nSPS) is 8.78. The maximum atomic E-state index is 6.58. The average Bonchev–Trinajstić information content (AvgIpc) is 2.34. The van der Waals surface area contributed by atoms with Gasteiger partial charge in [-0.3, -0.25) is 0 Å². The molecule has 1 aromatic rings. The highest BCUT2D eigenvalue weighted by Crippen LogP contribution is 1.94. The number of hydrogen-bond donors (Lipinski definition) is 0. The van der Waals surface area contributed by atoms with E-state index in [1.807, 2.05) is 0 Å². The van der Waals surface area contributed by atoms with Gasteiger partial charge in [-0.2, -0.15) is 0 Å². The third kappa shape index (κ3) is 1.57. The molecule has 0 N–H and O–H groups in total. The summed E-state index contributed by atoms with van der Waals surface area (Å²) in [5.41, 5.74) is 0.773. The van der Waals surface area contributed by atoms with E-state index < -0.39 is 0 Å². The maximum absolute atomic E-state index is 6.58. The second kappa shape index (κ2) is 2.88. The number of rotatable bonds is 2. The summed E-state index contributed by atoms with van der Waals surface area (Å²) in [5, 5.41) is 6.87. The summed E-state index contributed by atoms with van der Waals surface area (Å²) in [4.78, 5) is 0. The quantitative estimate of drug-likeness (QED) is 0.537. The van der Waals surface area contributed by atoms with Crippen molar-refractivity contribution >= 4 is 0 Å². The Bertz CT molecular complexity index is 197. The smallest absolute Gasteiger partial charge is 0.147 e. The third-order valence-electron chi connectivity index (χ3n) is 0.911. The Morgan fingerprint density at radius 2 is 2.67 bits per heavy atom. The standard InChI is InChI=1S/C6H5N2O/c1-2-3-4-6-5-9-8-7-6/h5H,3-4H2. The number of nitrogens with zero attached hydrogens (tertiary/aromatic N) is 2. The Morgan fingerprint density at radius 1 is 1.78 bits per heavy atom. The summed E-state index contributed by atoms with van der Waals surface area (Å²) >= 11 is 0. The molecule has 1 aromatic heterocycles. The van der Waals surface area contributed by atoms with Crippen LogP contribution in [0.2, 0.25) is 0 Å². The Balaban J connectivity index is 2.41. The minimum absolute atomic E-state index is 0.578. The zero-order valence-corrected chi connectivity index (χ0v) is 4.79. The summed E-state index contributed by atoms with van der Waals surface area (Å²) in [5.74, 6) is 2.25. The van der Waals surface area contributed by atoms with Gasteiger partial charge in [-0.25, -0.2) is 0 Å². The van der Waals surface area contributed by atoms with Crippen LogP contribution in [-0.4, -0.2) is 10.4 Å². The highest BCUT2D eigenvalue weighted by Gasteiger charge is 1.93. The number of aryl methyl sites for hydroxylation is 1. The highest BCUT2D eigenvalue weighted by atomic mass is 16.5. The lowest BCUT2D eigenvalue weighted by Crippen LogP contribution is -1.81. The lowest BCUT2D eigenvalue weighted by Gasteiger charge is -1.80. The topological polar surface area (TPSA) is 38.9 Å². The molecule has 0 saturated heterocycles. The molecule has 1 rings (SSSR count). The van der Waals surface area contributed by atoms with Gasteiger partial charge in [0.2, 0.25) is 0 Å². The molecule has 0 fully saturated rings. The molecule has 0 amide bonds. The van der Waals surface area contributed by atoms with Crippen LogP contribution >= 0.6 is 0 Å². The number of aromatic nitrogens is 2. The summed E-state index contributed by atoms with van der Waals surface area (Å²) < 4.78 is 4.46. The van der Waals surface area contributed by atoms with Gasteiger partial charge in [-0.05, 0) is 6.42 Å². The van der Waals surface area contributed by atoms with Gasteiger partial charge in [0.15, 0.2) is 0 Å². The van der Waals surface area contributed by atoms with Gasteiger partial charge in [0.05, 0.1) is 0 Å². The van der Waals surface area contributed by atoms with Crippen LogP contribution < -0.4 is 0 Å². The first kappa shape index (κ1) is 5.83. The largest absolute Gasteiger partial charge is 0.345 e. The predicted octanol–water partition coefficient (Wildman–Crippen LogP) is 0.592. The van der Waals surface area contributed by atoms with Gasteiger partial charge in [-0.15, -0.1) is 5.10 Å². The molecule has 9 heavy (non-hydrogen) atoms. The van der Waals surface area contributed by atoms with Crippen molar-refractivity contribution in [1.29, 1.82) is 0 Å². The minimum Gasteiger partial charge on any atom is -0.345 e. The van der Waals surface area contributed by atoms with Crippen molar-refractivity contribution in [1.82, 2.24) is 10.4 Å². The third-order valence-corrected chi connectivity index (χ3v) is 0.911. The second-order valence-electron chi connectivity index (χ2n) is 1.57. The summed E-state index contributed by atoms with van der Waals surface area (Å²) in [6.07, 6.45) is 9.31. The highest BCUT2D eigenvalue weighted by molar-refractivity contribution is 4.92. The van der Waals surface area contributed by atoms with Crippen molar-refractivity contribution in [2.24, 2.45) is 0 Å². The Hall–Kier alpha value is -1.30. The van der Waals surface area contributed by atoms with Crippen molar-refractivity contribution in [2.75, 3.05) is 0 Å². The molecule has 0 spiro atoms. The molecule has 0 bridgehead atoms. The molecule has 1 heterocycles. The molecule has 3 heteroatoms. The van der Waals surface area contributed by atoms with E-state index >= 15 is 0 Å². The molecule has 0 saturated carbocycles. The first-order valence-electron chi connectivity index (χ1n) is 2.59. The Kier molecular flexibility index (Phi) is 1.86. The lowest BCUT2D eigenvalue weighted by atomic mass is 10.3. The van der Waals surface area contributed by atoms with Gasteiger partial charge >= 0.3 is 0 Å². The van der Waals surface area contributed by atoms with E-state index in [1.165, 1.54) is 6.26 Å². The molecule has 0 aliphatic heterocycles. The van der Waals surface area contributed by atoms with E-state index in [0.29, 0.717) is 12.8 Å². The maximum Gasteiger partial charge on any atom is 0.147 e. The first-order valence-corrected chi connectivity index (χ1v) is 2.59. The molecule has 0 atom stereocenters. The van der Waals surface area contributed by atoms with Crippen molar-refractivity contribution in [3.63, 3.8) is 0 Å². The lowest BCUT2D eigenvalue weighted by molar-refractivity contribution is 0.392. The molecular formula is C6H5N2O. The molecule has 3 nitrogen and oxygen atoms in total. The second-order valence-corrected chi connectivity index (χ2v) is 1.57. The average molecular weight is 121 g/mol. The zero-order valence-electron chi connectivity index (χ0n) is 4.79. The number of hydrogen-bond acceptors (Lipinski definition) is 3. The molecule has 1 radical (unpaired) electrons. The zero-order chi connectivity index (χ0) is 6.53. The summed E-state index contributed by atoms with van der Waals surface area (Å²) in [6, 6.07) is 0. The van der Waals surface area contributed by atoms with Crippen LogP contribution in [0.3, 0.4) is 0 Å². The minimum atomic E-state index is 0.578. The van der Waals surface area contributed by atoms with Crippen molar-refractivity contribution in [3.05, 3.63) is 18.4 Å². The first-order chi connectivity index (χ1) is 4.43. The van der Waals surface area contributed by atoms with Crippen molar-refractivity contribution in [3.8, 4) is 5.92 Å². The molecule has 0 aliphatic rings. The van der Waals surface area contributed by atoms with Gasteiger partial charge in [0.25, 0.3) is 0 Å². The van der Waals surface area contributed by atoms with E-state index in [0.717, 1.165) is 5.69 Å². The van der Waals surface area contributed by atoms with E-state index in [9.17, 15) is 0 Å². The van der Waals surface area contributed by atoms with Crippen LogP contribution in [0.5, 0.6) is 0 Å². The van der Waals surface area contributed by atoms with Crippen LogP contribution in [0.4, 0.5) is 0 Å². The van der Waals surface area contributed by atoms with E-state index in [1.54, 1.807) is 0 Å². The van der Waals surface area contributed by atoms with Crippen LogP contribution in [0.1, 0.15) is 12.1 Å². The molecule has 0 unspecified atom stereocenters. The van der Waals surface area contributed by atoms with E-state index in [4.69, 9.17) is 6.42 Å². The molecule has 0 aliphatic carbocycles. The van der Waals surface area contributed by atoms with Crippen LogP contribution in [0.15, 0.2) is 10.8 Å². The fourth-order valence-electron chi connectivity index (χ4n) is 0.483. The van der Waals surface area contributed by atoms with E-state index in [-0.39, 0.29) is 0 Å². The summed E-state index contributed by atoms with van der Waals surface area (Å²) in [6.45, 7) is 0. The van der Waals surface area contributed by atoms with Crippen molar-refractivity contribution in [2.45, 2.75) is 12.8 Å². The van der Waals surface area contributed by atoms with Gasteiger partial charge in [0, 0.05) is 18.1 Å². The van der Waals surface area contributed by atoms with Gasteiger partial charge < -0.3 is 4.52 Å². The Labute approximate surface area is 53.0 Å². The molecule has 45 valence electrons. The van der Waals surface area contributed by atoms with Crippen molar-refractivity contribution < 1.29 is 4.52 Å². The van der Waals surface area contributed by atoms with Gasteiger partial charge in [-0.1, -0.05) is 5.92 Å². The fourth-order valence-corrected chi connectivity index (χ4v) is 0.483. The van der Waals surface area contributed by atoms with E-state index in [2.05, 4.69) is 20.8 Å².